The van der Waals surface area contributed by atoms with Crippen molar-refractivity contribution < 1.29 is 9.53 Å². The van der Waals surface area contributed by atoms with E-state index in [0.717, 1.165) is 48.1 Å². The Hall–Kier alpha value is -2.32. The van der Waals surface area contributed by atoms with Crippen LogP contribution in [0.4, 0.5) is 16.3 Å². The fraction of sp³-hybridized carbons (Fsp3) is 0.500. The third-order valence-corrected chi connectivity index (χ3v) is 6.24. The molecule has 1 aromatic heterocycles. The van der Waals surface area contributed by atoms with Crippen molar-refractivity contribution in [2.45, 2.75) is 50.8 Å². The van der Waals surface area contributed by atoms with E-state index < -0.39 is 0 Å². The molecule has 0 radical (unpaired) electrons. The van der Waals surface area contributed by atoms with E-state index in [1.807, 2.05) is 42.3 Å². The van der Waals surface area contributed by atoms with Gasteiger partial charge in [0, 0.05) is 42.2 Å². The summed E-state index contributed by atoms with van der Waals surface area (Å²) in [6.45, 7) is 8.86. The molecular weight excluding hydrogens is 398 g/mol. The van der Waals surface area contributed by atoms with E-state index in [9.17, 15) is 4.79 Å². The smallest absolute Gasteiger partial charge is 0.322 e. The highest BCUT2D eigenvalue weighted by atomic mass is 32.2. The first-order valence-corrected chi connectivity index (χ1v) is 11.6. The second-order valence-electron chi connectivity index (χ2n) is 8.01. The van der Waals surface area contributed by atoms with Crippen molar-refractivity contribution in [3.8, 4) is 0 Å². The first-order valence-electron chi connectivity index (χ1n) is 10.4. The minimum atomic E-state index is -0.0900. The molecule has 1 fully saturated rings. The van der Waals surface area contributed by atoms with Crippen molar-refractivity contribution in [2.24, 2.45) is 0 Å². The summed E-state index contributed by atoms with van der Waals surface area (Å²) in [6, 6.07) is 7.82. The number of fused-ring (bicyclic) bond motifs is 1. The monoisotopic (exact) mass is 427 g/mol. The van der Waals surface area contributed by atoms with Crippen LogP contribution in [0.2, 0.25) is 0 Å². The highest BCUT2D eigenvalue weighted by Crippen LogP contribution is 2.29. The molecule has 2 aliphatic heterocycles. The van der Waals surface area contributed by atoms with Crippen LogP contribution in [-0.4, -0.2) is 59.0 Å². The van der Waals surface area contributed by atoms with E-state index in [4.69, 9.17) is 9.72 Å². The zero-order chi connectivity index (χ0) is 21.3. The summed E-state index contributed by atoms with van der Waals surface area (Å²) >= 11 is 1.68. The summed E-state index contributed by atoms with van der Waals surface area (Å²) in [6.07, 6.45) is 3.06. The van der Waals surface area contributed by atoms with Crippen LogP contribution in [0.1, 0.15) is 30.9 Å². The van der Waals surface area contributed by atoms with Gasteiger partial charge in [0.2, 0.25) is 0 Å². The minimum Gasteiger partial charge on any atom is -0.372 e. The SMILES string of the molecule is CSc1ccc(NC(=O)N2CCc3nc(C)nc(N4CC(C)OC(C)C4)c3C2)cc1. The molecule has 1 aromatic carbocycles. The van der Waals surface area contributed by atoms with Crippen LogP contribution >= 0.6 is 11.8 Å². The predicted octanol–water partition coefficient (Wildman–Crippen LogP) is 3.71. The standard InChI is InChI=1S/C22H29N5O2S/c1-14-11-27(12-15(2)29-14)21-19-13-26(10-9-20(19)23-16(3)24-21)22(28)25-17-5-7-18(30-4)8-6-17/h5-8,14-15H,9-13H2,1-4H3,(H,25,28). The number of thioether (sulfide) groups is 1. The lowest BCUT2D eigenvalue weighted by molar-refractivity contribution is -0.00557. The lowest BCUT2D eigenvalue weighted by Gasteiger charge is -2.38. The van der Waals surface area contributed by atoms with Crippen molar-refractivity contribution in [2.75, 3.05) is 36.1 Å². The van der Waals surface area contributed by atoms with Gasteiger partial charge in [0.15, 0.2) is 0 Å². The van der Waals surface area contributed by atoms with Crippen LogP contribution in [0.15, 0.2) is 29.2 Å². The van der Waals surface area contributed by atoms with Gasteiger partial charge < -0.3 is 19.9 Å². The molecule has 7 nitrogen and oxygen atoms in total. The van der Waals surface area contributed by atoms with Crippen molar-refractivity contribution in [3.05, 3.63) is 41.3 Å². The molecule has 160 valence electrons. The molecule has 30 heavy (non-hydrogen) atoms. The lowest BCUT2D eigenvalue weighted by Crippen LogP contribution is -2.47. The van der Waals surface area contributed by atoms with E-state index >= 15 is 0 Å². The Labute approximate surface area is 182 Å². The molecule has 2 unspecified atom stereocenters. The number of aryl methyl sites for hydroxylation is 1. The van der Waals surface area contributed by atoms with Gasteiger partial charge in [-0.1, -0.05) is 0 Å². The summed E-state index contributed by atoms with van der Waals surface area (Å²) in [5.41, 5.74) is 2.92. The van der Waals surface area contributed by atoms with Crippen molar-refractivity contribution >= 4 is 29.3 Å². The maximum Gasteiger partial charge on any atom is 0.322 e. The first-order chi connectivity index (χ1) is 14.4. The molecule has 0 aliphatic carbocycles. The minimum absolute atomic E-state index is 0.0900. The molecule has 0 saturated carbocycles. The number of rotatable bonds is 3. The number of hydrogen-bond acceptors (Lipinski definition) is 6. The summed E-state index contributed by atoms with van der Waals surface area (Å²) in [5.74, 6) is 1.73. The predicted molar refractivity (Wildman–Crippen MR) is 120 cm³/mol. The van der Waals surface area contributed by atoms with E-state index in [0.29, 0.717) is 13.1 Å². The van der Waals surface area contributed by atoms with Crippen molar-refractivity contribution in [3.63, 3.8) is 0 Å². The number of aromatic nitrogens is 2. The molecule has 0 bridgehead atoms. The Balaban J connectivity index is 1.54. The second kappa shape index (κ2) is 8.81. The maximum absolute atomic E-state index is 12.9. The van der Waals surface area contributed by atoms with E-state index in [2.05, 4.69) is 29.0 Å². The molecule has 3 heterocycles. The number of amides is 2. The number of ether oxygens (including phenoxy) is 1. The van der Waals surface area contributed by atoms with Gasteiger partial charge in [0.05, 0.1) is 24.4 Å². The summed E-state index contributed by atoms with van der Waals surface area (Å²) in [7, 11) is 0. The highest BCUT2D eigenvalue weighted by molar-refractivity contribution is 7.98. The number of morpholine rings is 1. The maximum atomic E-state index is 12.9. The summed E-state index contributed by atoms with van der Waals surface area (Å²) < 4.78 is 5.89. The number of urea groups is 1. The van der Waals surface area contributed by atoms with Crippen LogP contribution in [0.25, 0.3) is 0 Å². The van der Waals surface area contributed by atoms with Crippen molar-refractivity contribution in [1.29, 1.82) is 0 Å². The van der Waals surface area contributed by atoms with Gasteiger partial charge in [0.25, 0.3) is 0 Å². The highest BCUT2D eigenvalue weighted by Gasteiger charge is 2.30. The Bertz CT molecular complexity index is 910. The Morgan fingerprint density at radius 3 is 2.53 bits per heavy atom. The van der Waals surface area contributed by atoms with Gasteiger partial charge in [-0.3, -0.25) is 0 Å². The number of hydrogen-bond donors (Lipinski definition) is 1. The number of nitrogens with zero attached hydrogens (tertiary/aromatic N) is 4. The van der Waals surface area contributed by atoms with E-state index in [1.165, 1.54) is 4.90 Å². The van der Waals surface area contributed by atoms with Gasteiger partial charge in [-0.25, -0.2) is 14.8 Å². The topological polar surface area (TPSA) is 70.6 Å². The molecule has 2 aliphatic rings. The zero-order valence-electron chi connectivity index (χ0n) is 18.0. The van der Waals surface area contributed by atoms with Gasteiger partial charge in [0.1, 0.15) is 11.6 Å². The Morgan fingerprint density at radius 1 is 1.17 bits per heavy atom. The van der Waals surface area contributed by atoms with Crippen molar-refractivity contribution in [1.82, 2.24) is 14.9 Å². The summed E-state index contributed by atoms with van der Waals surface area (Å²) in [4.78, 5) is 27.7. The van der Waals surface area contributed by atoms with Gasteiger partial charge >= 0.3 is 6.03 Å². The third kappa shape index (κ3) is 4.54. The van der Waals surface area contributed by atoms with Crippen LogP contribution < -0.4 is 10.2 Å². The number of nitrogens with one attached hydrogen (secondary N) is 1. The molecular formula is C22H29N5O2S. The fourth-order valence-electron chi connectivity index (χ4n) is 4.18. The number of anilines is 2. The van der Waals surface area contributed by atoms with E-state index in [1.54, 1.807) is 11.8 Å². The largest absolute Gasteiger partial charge is 0.372 e. The Kier molecular flexibility index (Phi) is 6.15. The second-order valence-corrected chi connectivity index (χ2v) is 8.89. The average Bonchev–Trinajstić information content (AvgIpc) is 2.72. The van der Waals surface area contributed by atoms with Crippen LogP contribution in [0.3, 0.4) is 0 Å². The average molecular weight is 428 g/mol. The molecule has 8 heteroatoms. The normalized spacial score (nSPS) is 21.3. The van der Waals surface area contributed by atoms with Crippen LogP contribution in [-0.2, 0) is 17.7 Å². The zero-order valence-corrected chi connectivity index (χ0v) is 18.8. The molecule has 2 atom stereocenters. The fourth-order valence-corrected chi connectivity index (χ4v) is 4.59. The molecule has 2 amide bonds. The molecule has 0 spiro atoms. The molecule has 1 N–H and O–H groups in total. The van der Waals surface area contributed by atoms with Gasteiger partial charge in [-0.15, -0.1) is 11.8 Å². The van der Waals surface area contributed by atoms with Gasteiger partial charge in [-0.2, -0.15) is 0 Å². The Morgan fingerprint density at radius 2 is 1.87 bits per heavy atom. The number of carbonyl (C=O) groups is 1. The molecule has 4 rings (SSSR count). The number of benzene rings is 1. The third-order valence-electron chi connectivity index (χ3n) is 5.50. The molecule has 2 aromatic rings. The van der Waals surface area contributed by atoms with Gasteiger partial charge in [-0.05, 0) is 51.3 Å². The quantitative estimate of drug-likeness (QED) is 0.753. The number of carbonyl (C=O) groups excluding carboxylic acids is 1. The lowest BCUT2D eigenvalue weighted by atomic mass is 10.0. The van der Waals surface area contributed by atoms with E-state index in [-0.39, 0.29) is 18.2 Å². The first kappa shape index (κ1) is 20.9. The summed E-state index contributed by atoms with van der Waals surface area (Å²) in [5, 5.41) is 3.02. The van der Waals surface area contributed by atoms with Crippen LogP contribution in [0, 0.1) is 6.92 Å². The van der Waals surface area contributed by atoms with Crippen LogP contribution in [0.5, 0.6) is 0 Å². The molecule has 1 saturated heterocycles.